The molecule has 0 atom stereocenters. The van der Waals surface area contributed by atoms with E-state index in [1.165, 1.54) is 25.7 Å². The number of carboxylic acids is 1. The van der Waals surface area contributed by atoms with Crippen LogP contribution in [0.4, 0.5) is 0 Å². The molecule has 0 aliphatic heterocycles. The van der Waals surface area contributed by atoms with Crippen molar-refractivity contribution in [1.82, 2.24) is 4.90 Å². The van der Waals surface area contributed by atoms with Gasteiger partial charge in [-0.1, -0.05) is 52.4 Å². The molecule has 0 fully saturated rings. The van der Waals surface area contributed by atoms with E-state index < -0.39 is 5.97 Å². The Kier molecular flexibility index (Phi) is 12.3. The summed E-state index contributed by atoms with van der Waals surface area (Å²) >= 11 is 0. The molecule has 0 saturated heterocycles. The minimum Gasteiger partial charge on any atom is -0.481 e. The van der Waals surface area contributed by atoms with Crippen molar-refractivity contribution in [3.8, 4) is 0 Å². The molecular weight excluding hydrogens is 254 g/mol. The fraction of sp³-hybridized carbons (Fsp3) is 0.875. The van der Waals surface area contributed by atoms with Crippen molar-refractivity contribution in [3.05, 3.63) is 0 Å². The number of carbonyl (C=O) groups excluding carboxylic acids is 1. The largest absolute Gasteiger partial charge is 0.481 e. The molecular formula is C16H31NO3. The maximum Gasteiger partial charge on any atom is 0.303 e. The highest BCUT2D eigenvalue weighted by Gasteiger charge is 2.14. The summed E-state index contributed by atoms with van der Waals surface area (Å²) in [5.74, 6) is -0.893. The van der Waals surface area contributed by atoms with Gasteiger partial charge >= 0.3 is 5.97 Å². The summed E-state index contributed by atoms with van der Waals surface area (Å²) in [7, 11) is 0. The van der Waals surface area contributed by atoms with Gasteiger partial charge in [-0.25, -0.2) is 0 Å². The van der Waals surface area contributed by atoms with Gasteiger partial charge in [-0.2, -0.15) is 0 Å². The number of amides is 1. The molecule has 0 aliphatic carbocycles. The summed E-state index contributed by atoms with van der Waals surface area (Å²) in [6, 6.07) is 0. The summed E-state index contributed by atoms with van der Waals surface area (Å²) < 4.78 is 0. The van der Waals surface area contributed by atoms with Gasteiger partial charge < -0.3 is 10.0 Å². The van der Waals surface area contributed by atoms with E-state index in [4.69, 9.17) is 5.11 Å². The van der Waals surface area contributed by atoms with Crippen LogP contribution in [0.1, 0.15) is 78.1 Å². The molecule has 0 aromatic carbocycles. The summed E-state index contributed by atoms with van der Waals surface area (Å²) in [6.45, 7) is 5.90. The first kappa shape index (κ1) is 18.9. The van der Waals surface area contributed by atoms with E-state index in [2.05, 4.69) is 13.8 Å². The average Bonchev–Trinajstić information content (AvgIpc) is 2.43. The van der Waals surface area contributed by atoms with Gasteiger partial charge in [0.25, 0.3) is 0 Å². The Morgan fingerprint density at radius 3 is 1.70 bits per heavy atom. The van der Waals surface area contributed by atoms with E-state index >= 15 is 0 Å². The van der Waals surface area contributed by atoms with Crippen LogP contribution in [0.2, 0.25) is 0 Å². The zero-order valence-corrected chi connectivity index (χ0v) is 13.2. The number of rotatable bonds is 13. The zero-order valence-electron chi connectivity index (χ0n) is 13.2. The van der Waals surface area contributed by atoms with Gasteiger partial charge in [-0.05, 0) is 12.8 Å². The fourth-order valence-electron chi connectivity index (χ4n) is 2.19. The molecule has 0 saturated carbocycles. The van der Waals surface area contributed by atoms with Crippen LogP contribution < -0.4 is 0 Å². The second-order valence-electron chi connectivity index (χ2n) is 5.40. The first-order chi connectivity index (χ1) is 9.61. The van der Waals surface area contributed by atoms with Crippen molar-refractivity contribution >= 4 is 11.9 Å². The molecule has 1 amide bonds. The van der Waals surface area contributed by atoms with Crippen molar-refractivity contribution in [3.63, 3.8) is 0 Å². The van der Waals surface area contributed by atoms with Crippen LogP contribution in [-0.2, 0) is 9.59 Å². The van der Waals surface area contributed by atoms with E-state index in [-0.39, 0.29) is 18.7 Å². The predicted octanol–water partition coefficient (Wildman–Crippen LogP) is 3.84. The van der Waals surface area contributed by atoms with E-state index in [0.29, 0.717) is 0 Å². The summed E-state index contributed by atoms with van der Waals surface area (Å²) in [5, 5.41) is 8.67. The minimum atomic E-state index is -0.893. The minimum absolute atomic E-state index is 0.000368. The first-order valence-electron chi connectivity index (χ1n) is 8.11. The summed E-state index contributed by atoms with van der Waals surface area (Å²) in [5.41, 5.74) is 0. The maximum atomic E-state index is 12.0. The highest BCUT2D eigenvalue weighted by Crippen LogP contribution is 2.08. The lowest BCUT2D eigenvalue weighted by molar-refractivity contribution is -0.141. The lowest BCUT2D eigenvalue weighted by atomic mass is 10.1. The van der Waals surface area contributed by atoms with Crippen molar-refractivity contribution in [2.45, 2.75) is 78.1 Å². The lowest BCUT2D eigenvalue weighted by Gasteiger charge is -2.22. The second kappa shape index (κ2) is 12.9. The zero-order chi connectivity index (χ0) is 15.2. The third-order valence-electron chi connectivity index (χ3n) is 3.47. The molecule has 0 rings (SSSR count). The van der Waals surface area contributed by atoms with Gasteiger partial charge in [-0.3, -0.25) is 9.59 Å². The number of carbonyl (C=O) groups is 2. The molecule has 0 aromatic heterocycles. The monoisotopic (exact) mass is 285 g/mol. The average molecular weight is 285 g/mol. The van der Waals surface area contributed by atoms with Gasteiger partial charge in [0.05, 0.1) is 6.42 Å². The Morgan fingerprint density at radius 2 is 1.30 bits per heavy atom. The number of carboxylic acid groups (broad SMARTS) is 1. The molecule has 1 N–H and O–H groups in total. The van der Waals surface area contributed by atoms with Gasteiger partial charge in [-0.15, -0.1) is 0 Å². The summed E-state index contributed by atoms with van der Waals surface area (Å²) in [6.07, 6.45) is 9.20. The molecule has 0 heterocycles. The number of hydrogen-bond acceptors (Lipinski definition) is 2. The maximum absolute atomic E-state index is 12.0. The highest BCUT2D eigenvalue weighted by molar-refractivity contribution is 5.80. The second-order valence-corrected chi connectivity index (χ2v) is 5.40. The molecule has 118 valence electrons. The van der Waals surface area contributed by atoms with Crippen LogP contribution in [0.25, 0.3) is 0 Å². The molecule has 0 radical (unpaired) electrons. The predicted molar refractivity (Wildman–Crippen MR) is 81.7 cm³/mol. The van der Waals surface area contributed by atoms with Crippen LogP contribution in [-0.4, -0.2) is 35.0 Å². The Hall–Kier alpha value is -1.06. The Morgan fingerprint density at radius 1 is 0.800 bits per heavy atom. The SMILES string of the molecule is CCCCCCN(CCCCCC)C(=O)CCC(=O)O. The van der Waals surface area contributed by atoms with Crippen LogP contribution >= 0.6 is 0 Å². The molecule has 20 heavy (non-hydrogen) atoms. The molecule has 0 bridgehead atoms. The normalized spacial score (nSPS) is 10.5. The third kappa shape index (κ3) is 10.8. The molecule has 4 heteroatoms. The van der Waals surface area contributed by atoms with E-state index in [0.717, 1.165) is 38.8 Å². The van der Waals surface area contributed by atoms with Crippen LogP contribution in [0, 0.1) is 0 Å². The van der Waals surface area contributed by atoms with Gasteiger partial charge in [0, 0.05) is 19.5 Å². The van der Waals surface area contributed by atoms with Gasteiger partial charge in [0.1, 0.15) is 0 Å². The molecule has 0 spiro atoms. The van der Waals surface area contributed by atoms with Crippen LogP contribution in [0.5, 0.6) is 0 Å². The molecule has 0 aliphatic rings. The van der Waals surface area contributed by atoms with Gasteiger partial charge in [0.15, 0.2) is 0 Å². The molecule has 0 aromatic rings. The highest BCUT2D eigenvalue weighted by atomic mass is 16.4. The molecule has 4 nitrogen and oxygen atoms in total. The number of aliphatic carboxylic acids is 1. The summed E-state index contributed by atoms with van der Waals surface area (Å²) in [4.78, 5) is 24.5. The van der Waals surface area contributed by atoms with Crippen LogP contribution in [0.15, 0.2) is 0 Å². The smallest absolute Gasteiger partial charge is 0.303 e. The topological polar surface area (TPSA) is 57.6 Å². The van der Waals surface area contributed by atoms with Crippen molar-refractivity contribution in [2.24, 2.45) is 0 Å². The quantitative estimate of drug-likeness (QED) is 0.523. The fourth-order valence-corrected chi connectivity index (χ4v) is 2.19. The lowest BCUT2D eigenvalue weighted by Crippen LogP contribution is -2.33. The molecule has 0 unspecified atom stereocenters. The number of unbranched alkanes of at least 4 members (excludes halogenated alkanes) is 6. The Labute approximate surface area is 123 Å². The standard InChI is InChI=1S/C16H31NO3/c1-3-5-7-9-13-17(14-10-8-6-4-2)15(18)11-12-16(19)20/h3-14H2,1-2H3,(H,19,20). The van der Waals surface area contributed by atoms with Crippen molar-refractivity contribution < 1.29 is 14.7 Å². The van der Waals surface area contributed by atoms with E-state index in [1.807, 2.05) is 4.90 Å². The Bertz CT molecular complexity index is 254. The van der Waals surface area contributed by atoms with Gasteiger partial charge in [0.2, 0.25) is 5.91 Å². The van der Waals surface area contributed by atoms with Crippen LogP contribution in [0.3, 0.4) is 0 Å². The van der Waals surface area contributed by atoms with E-state index in [9.17, 15) is 9.59 Å². The number of nitrogens with zero attached hydrogens (tertiary/aromatic N) is 1. The van der Waals surface area contributed by atoms with E-state index in [1.54, 1.807) is 0 Å². The third-order valence-corrected chi connectivity index (χ3v) is 3.47. The van der Waals surface area contributed by atoms with Crippen molar-refractivity contribution in [1.29, 1.82) is 0 Å². The first-order valence-corrected chi connectivity index (χ1v) is 8.11. The Balaban J connectivity index is 4.07. The number of hydrogen-bond donors (Lipinski definition) is 1. The van der Waals surface area contributed by atoms with Crippen molar-refractivity contribution in [2.75, 3.05) is 13.1 Å².